The van der Waals surface area contributed by atoms with Crippen LogP contribution in [0.3, 0.4) is 0 Å². The minimum absolute atomic E-state index is 0.136. The Bertz CT molecular complexity index is 1280. The zero-order valence-corrected chi connectivity index (χ0v) is 17.6. The Kier molecular flexibility index (Phi) is 5.07. The third-order valence-electron chi connectivity index (χ3n) is 4.78. The SMILES string of the molecule is Cc1ccc2nc(-c3cc(N=Cc4c(O)cc(C)c(Cl)c4C)ccc3Cl)oc2c1. The number of benzene rings is 3. The molecule has 6 heteroatoms. The lowest BCUT2D eigenvalue weighted by molar-refractivity contribution is 0.473. The lowest BCUT2D eigenvalue weighted by Gasteiger charge is -2.08. The van der Waals surface area contributed by atoms with Crippen LogP contribution in [0.4, 0.5) is 5.69 Å². The molecule has 0 bridgehead atoms. The van der Waals surface area contributed by atoms with Crippen molar-refractivity contribution >= 4 is 46.2 Å². The molecule has 4 rings (SSSR count). The van der Waals surface area contributed by atoms with Crippen LogP contribution in [-0.2, 0) is 0 Å². The number of rotatable bonds is 3. The van der Waals surface area contributed by atoms with E-state index in [2.05, 4.69) is 9.98 Å². The fraction of sp³-hybridized carbons (Fsp3) is 0.130. The smallest absolute Gasteiger partial charge is 0.228 e. The monoisotopic (exact) mass is 424 g/mol. The van der Waals surface area contributed by atoms with Gasteiger partial charge in [0.05, 0.1) is 16.3 Å². The van der Waals surface area contributed by atoms with E-state index >= 15 is 0 Å². The number of fused-ring (bicyclic) bond motifs is 1. The molecule has 1 heterocycles. The van der Waals surface area contributed by atoms with Crippen molar-refractivity contribution in [2.24, 2.45) is 4.99 Å². The Morgan fingerprint density at radius 1 is 1.03 bits per heavy atom. The zero-order chi connectivity index (χ0) is 20.7. The fourth-order valence-electron chi connectivity index (χ4n) is 3.16. The summed E-state index contributed by atoms with van der Waals surface area (Å²) in [6.45, 7) is 5.70. The Morgan fingerprint density at radius 3 is 2.62 bits per heavy atom. The third kappa shape index (κ3) is 3.74. The maximum atomic E-state index is 10.3. The van der Waals surface area contributed by atoms with Crippen molar-refractivity contribution in [3.8, 4) is 17.2 Å². The van der Waals surface area contributed by atoms with Gasteiger partial charge in [-0.2, -0.15) is 0 Å². The van der Waals surface area contributed by atoms with E-state index in [1.165, 1.54) is 0 Å². The highest BCUT2D eigenvalue weighted by molar-refractivity contribution is 6.33. The van der Waals surface area contributed by atoms with Gasteiger partial charge in [-0.3, -0.25) is 4.99 Å². The highest BCUT2D eigenvalue weighted by Gasteiger charge is 2.13. The quantitative estimate of drug-likeness (QED) is 0.354. The molecular weight excluding hydrogens is 407 g/mol. The molecular formula is C23H18Cl2N2O2. The summed E-state index contributed by atoms with van der Waals surface area (Å²) in [5.74, 6) is 0.571. The molecule has 0 atom stereocenters. The summed E-state index contributed by atoms with van der Waals surface area (Å²) in [4.78, 5) is 9.03. The summed E-state index contributed by atoms with van der Waals surface area (Å²) in [5.41, 5.74) is 6.04. The van der Waals surface area contributed by atoms with Crippen molar-refractivity contribution in [2.45, 2.75) is 20.8 Å². The van der Waals surface area contributed by atoms with Crippen LogP contribution in [0.1, 0.15) is 22.3 Å². The van der Waals surface area contributed by atoms with Crippen molar-refractivity contribution < 1.29 is 9.52 Å². The number of oxazole rings is 1. The van der Waals surface area contributed by atoms with Gasteiger partial charge in [-0.25, -0.2) is 4.98 Å². The number of halogens is 2. The van der Waals surface area contributed by atoms with Crippen LogP contribution >= 0.6 is 23.2 Å². The third-order valence-corrected chi connectivity index (χ3v) is 5.69. The second kappa shape index (κ2) is 7.54. The topological polar surface area (TPSA) is 58.6 Å². The average molecular weight is 425 g/mol. The molecule has 0 radical (unpaired) electrons. The largest absolute Gasteiger partial charge is 0.507 e. The predicted octanol–water partition coefficient (Wildman–Crippen LogP) is 7.18. The van der Waals surface area contributed by atoms with Crippen LogP contribution in [0.15, 0.2) is 51.9 Å². The van der Waals surface area contributed by atoms with Gasteiger partial charge >= 0.3 is 0 Å². The van der Waals surface area contributed by atoms with Crippen LogP contribution in [0.5, 0.6) is 5.75 Å². The molecule has 29 heavy (non-hydrogen) atoms. The van der Waals surface area contributed by atoms with Gasteiger partial charge in [-0.05, 0) is 73.9 Å². The molecule has 146 valence electrons. The number of hydrogen-bond donors (Lipinski definition) is 1. The van der Waals surface area contributed by atoms with E-state index in [9.17, 15) is 5.11 Å². The molecule has 0 aliphatic carbocycles. The van der Waals surface area contributed by atoms with Crippen molar-refractivity contribution in [3.63, 3.8) is 0 Å². The molecule has 0 fully saturated rings. The van der Waals surface area contributed by atoms with Gasteiger partial charge in [0.2, 0.25) is 5.89 Å². The van der Waals surface area contributed by atoms with Crippen LogP contribution in [-0.4, -0.2) is 16.3 Å². The van der Waals surface area contributed by atoms with E-state index < -0.39 is 0 Å². The van der Waals surface area contributed by atoms with Crippen LogP contribution in [0.25, 0.3) is 22.6 Å². The summed E-state index contributed by atoms with van der Waals surface area (Å²) in [7, 11) is 0. The minimum atomic E-state index is 0.136. The maximum Gasteiger partial charge on any atom is 0.228 e. The number of aromatic nitrogens is 1. The molecule has 0 aliphatic heterocycles. The van der Waals surface area contributed by atoms with E-state index in [0.717, 1.165) is 22.2 Å². The van der Waals surface area contributed by atoms with E-state index in [-0.39, 0.29) is 5.75 Å². The second-order valence-corrected chi connectivity index (χ2v) is 7.76. The maximum absolute atomic E-state index is 10.3. The highest BCUT2D eigenvalue weighted by Crippen LogP contribution is 2.34. The van der Waals surface area contributed by atoms with Gasteiger partial charge in [0.1, 0.15) is 11.3 Å². The van der Waals surface area contributed by atoms with Gasteiger partial charge in [0.15, 0.2) is 5.58 Å². The van der Waals surface area contributed by atoms with Gasteiger partial charge in [0, 0.05) is 16.8 Å². The standard InChI is InChI=1S/C23H18Cl2N2O2/c1-12-4-7-19-21(8-12)29-23(27-19)16-10-15(5-6-18(16)24)26-11-17-14(3)22(25)13(2)9-20(17)28/h4-11,28H,1-3H3. The lowest BCUT2D eigenvalue weighted by Crippen LogP contribution is -1.92. The lowest BCUT2D eigenvalue weighted by atomic mass is 10.0. The summed E-state index contributed by atoms with van der Waals surface area (Å²) in [5, 5.41) is 11.4. The van der Waals surface area contributed by atoms with Crippen LogP contribution < -0.4 is 0 Å². The summed E-state index contributed by atoms with van der Waals surface area (Å²) in [6.07, 6.45) is 1.60. The summed E-state index contributed by atoms with van der Waals surface area (Å²) < 4.78 is 5.90. The van der Waals surface area contributed by atoms with E-state index in [1.54, 1.807) is 30.5 Å². The number of aryl methyl sites for hydroxylation is 2. The normalized spacial score (nSPS) is 11.6. The van der Waals surface area contributed by atoms with Crippen LogP contribution in [0, 0.1) is 20.8 Å². The second-order valence-electron chi connectivity index (χ2n) is 6.98. The van der Waals surface area contributed by atoms with Crippen molar-refractivity contribution in [3.05, 3.63) is 74.8 Å². The predicted molar refractivity (Wildman–Crippen MR) is 119 cm³/mol. The first-order valence-electron chi connectivity index (χ1n) is 9.03. The molecule has 4 nitrogen and oxygen atoms in total. The molecule has 0 unspecified atom stereocenters. The Morgan fingerprint density at radius 2 is 1.83 bits per heavy atom. The Hall–Kier alpha value is -2.82. The number of aromatic hydroxyl groups is 1. The van der Waals surface area contributed by atoms with Gasteiger partial charge in [-0.15, -0.1) is 0 Å². The minimum Gasteiger partial charge on any atom is -0.507 e. The number of hydrogen-bond acceptors (Lipinski definition) is 4. The molecule has 1 aromatic heterocycles. The Labute approximate surface area is 178 Å². The van der Waals surface area contributed by atoms with Gasteiger partial charge < -0.3 is 9.52 Å². The number of aliphatic imine (C=N–C) groups is 1. The van der Waals surface area contributed by atoms with E-state index in [4.69, 9.17) is 27.6 Å². The molecule has 0 spiro atoms. The van der Waals surface area contributed by atoms with Crippen molar-refractivity contribution in [1.29, 1.82) is 0 Å². The van der Waals surface area contributed by atoms with E-state index in [0.29, 0.717) is 38.3 Å². The summed E-state index contributed by atoms with van der Waals surface area (Å²) in [6, 6.07) is 12.8. The molecule has 3 aromatic carbocycles. The molecule has 0 amide bonds. The first kappa shape index (κ1) is 19.5. The first-order valence-corrected chi connectivity index (χ1v) is 9.79. The van der Waals surface area contributed by atoms with E-state index in [1.807, 2.05) is 39.0 Å². The molecule has 0 saturated heterocycles. The fourth-order valence-corrected chi connectivity index (χ4v) is 3.51. The first-order chi connectivity index (χ1) is 13.8. The molecule has 1 N–H and O–H groups in total. The zero-order valence-electron chi connectivity index (χ0n) is 16.1. The van der Waals surface area contributed by atoms with Crippen molar-refractivity contribution in [1.82, 2.24) is 4.98 Å². The van der Waals surface area contributed by atoms with Crippen LogP contribution in [0.2, 0.25) is 10.0 Å². The number of nitrogens with zero attached hydrogens (tertiary/aromatic N) is 2. The Balaban J connectivity index is 1.74. The highest BCUT2D eigenvalue weighted by atomic mass is 35.5. The number of phenols is 1. The van der Waals surface area contributed by atoms with Gasteiger partial charge in [0.25, 0.3) is 0 Å². The molecule has 0 aliphatic rings. The average Bonchev–Trinajstić information content (AvgIpc) is 3.10. The molecule has 0 saturated carbocycles. The number of phenolic OH excluding ortho intramolecular Hbond substituents is 1. The van der Waals surface area contributed by atoms with Gasteiger partial charge in [-0.1, -0.05) is 29.3 Å². The summed E-state index contributed by atoms with van der Waals surface area (Å²) >= 11 is 12.7. The van der Waals surface area contributed by atoms with Crippen molar-refractivity contribution in [2.75, 3.05) is 0 Å². The molecule has 4 aromatic rings.